The Morgan fingerprint density at radius 2 is 1.10 bits per heavy atom. The summed E-state index contributed by atoms with van der Waals surface area (Å²) in [5.41, 5.74) is 4.94. The first-order chi connectivity index (χ1) is 9.92. The third-order valence-electron chi connectivity index (χ3n) is 3.33. The average molecular weight is 259 g/mol. The summed E-state index contributed by atoms with van der Waals surface area (Å²) in [4.78, 5) is 0. The van der Waals surface area contributed by atoms with Crippen molar-refractivity contribution >= 4 is 5.69 Å². The van der Waals surface area contributed by atoms with Crippen molar-refractivity contribution in [3.05, 3.63) is 90.5 Å². The third-order valence-corrected chi connectivity index (χ3v) is 3.33. The van der Waals surface area contributed by atoms with E-state index in [1.165, 1.54) is 16.7 Å². The molecule has 0 aromatic heterocycles. The average Bonchev–Trinajstić information content (AvgIpc) is 2.55. The minimum Gasteiger partial charge on any atom is -0.381 e. The molecule has 0 saturated heterocycles. The zero-order valence-electron chi connectivity index (χ0n) is 11.3. The number of nitrogens with one attached hydrogen (secondary N) is 1. The second-order valence-electron chi connectivity index (χ2n) is 4.78. The predicted octanol–water partition coefficient (Wildman–Crippen LogP) is 4.97. The molecule has 0 aliphatic carbocycles. The molecule has 1 N–H and O–H groups in total. The fraction of sp³-hybridized carbons (Fsp3) is 0.0526. The van der Waals surface area contributed by atoms with E-state index < -0.39 is 0 Å². The van der Waals surface area contributed by atoms with Gasteiger partial charge in [0.1, 0.15) is 0 Å². The van der Waals surface area contributed by atoms with Crippen LogP contribution in [0.4, 0.5) is 5.69 Å². The summed E-state index contributed by atoms with van der Waals surface area (Å²) in [6, 6.07) is 29.4. The van der Waals surface area contributed by atoms with Crippen LogP contribution in [0.3, 0.4) is 0 Å². The Hall–Kier alpha value is -2.54. The molecule has 0 radical (unpaired) electrons. The molecule has 0 spiro atoms. The van der Waals surface area contributed by atoms with Crippen molar-refractivity contribution in [2.24, 2.45) is 0 Å². The Morgan fingerprint density at radius 1 is 0.550 bits per heavy atom. The Labute approximate surface area is 119 Å². The van der Waals surface area contributed by atoms with Crippen molar-refractivity contribution in [1.82, 2.24) is 0 Å². The maximum atomic E-state index is 3.44. The van der Waals surface area contributed by atoms with Crippen LogP contribution in [-0.2, 0) is 6.54 Å². The maximum Gasteiger partial charge on any atom is 0.0400 e. The molecule has 1 nitrogen and oxygen atoms in total. The van der Waals surface area contributed by atoms with E-state index in [2.05, 4.69) is 78.1 Å². The van der Waals surface area contributed by atoms with Gasteiger partial charge in [-0.3, -0.25) is 0 Å². The lowest BCUT2D eigenvalue weighted by Crippen LogP contribution is -1.98. The normalized spacial score (nSPS) is 10.2. The Bertz CT molecular complexity index is 642. The van der Waals surface area contributed by atoms with E-state index in [0.29, 0.717) is 0 Å². The quantitative estimate of drug-likeness (QED) is 0.697. The molecule has 3 aromatic rings. The van der Waals surface area contributed by atoms with E-state index in [0.717, 1.165) is 12.2 Å². The van der Waals surface area contributed by atoms with E-state index >= 15 is 0 Å². The molecule has 0 heterocycles. The van der Waals surface area contributed by atoms with Gasteiger partial charge >= 0.3 is 0 Å². The number of rotatable bonds is 4. The maximum absolute atomic E-state index is 3.44. The Balaban J connectivity index is 1.68. The van der Waals surface area contributed by atoms with Crippen LogP contribution < -0.4 is 5.32 Å². The van der Waals surface area contributed by atoms with Gasteiger partial charge in [0.05, 0.1) is 0 Å². The van der Waals surface area contributed by atoms with Crippen LogP contribution in [0.1, 0.15) is 5.56 Å². The fourth-order valence-electron chi connectivity index (χ4n) is 2.21. The zero-order chi connectivity index (χ0) is 13.6. The molecule has 0 amide bonds. The summed E-state index contributed by atoms with van der Waals surface area (Å²) in [5.74, 6) is 0. The molecule has 0 fully saturated rings. The van der Waals surface area contributed by atoms with Gasteiger partial charge in [0, 0.05) is 12.2 Å². The molecule has 0 aliphatic rings. The molecule has 0 atom stereocenters. The summed E-state index contributed by atoms with van der Waals surface area (Å²) in [7, 11) is 0. The summed E-state index contributed by atoms with van der Waals surface area (Å²) in [6.45, 7) is 0.853. The van der Waals surface area contributed by atoms with E-state index in [1.807, 2.05) is 12.1 Å². The number of anilines is 1. The third kappa shape index (κ3) is 3.07. The zero-order valence-corrected chi connectivity index (χ0v) is 11.3. The summed E-state index contributed by atoms with van der Waals surface area (Å²) in [5, 5.41) is 3.44. The first kappa shape index (κ1) is 12.5. The van der Waals surface area contributed by atoms with Gasteiger partial charge in [-0.25, -0.2) is 0 Å². The highest BCUT2D eigenvalue weighted by atomic mass is 14.9. The Kier molecular flexibility index (Phi) is 3.79. The lowest BCUT2D eigenvalue weighted by molar-refractivity contribution is 1.15. The summed E-state index contributed by atoms with van der Waals surface area (Å²) in [6.07, 6.45) is 0. The molecule has 0 bridgehead atoms. The highest BCUT2D eigenvalue weighted by Gasteiger charge is 1.97. The second kappa shape index (κ2) is 6.07. The van der Waals surface area contributed by atoms with Gasteiger partial charge < -0.3 is 5.32 Å². The van der Waals surface area contributed by atoms with Crippen molar-refractivity contribution in [1.29, 1.82) is 0 Å². The largest absolute Gasteiger partial charge is 0.381 e. The molecule has 1 heteroatoms. The Morgan fingerprint density at radius 3 is 1.75 bits per heavy atom. The van der Waals surface area contributed by atoms with Gasteiger partial charge in [0.2, 0.25) is 0 Å². The van der Waals surface area contributed by atoms with E-state index in [9.17, 15) is 0 Å². The van der Waals surface area contributed by atoms with Gasteiger partial charge in [-0.2, -0.15) is 0 Å². The van der Waals surface area contributed by atoms with Crippen LogP contribution in [0.5, 0.6) is 0 Å². The summed E-state index contributed by atoms with van der Waals surface area (Å²) < 4.78 is 0. The monoisotopic (exact) mass is 259 g/mol. The topological polar surface area (TPSA) is 12.0 Å². The molecule has 0 unspecified atom stereocenters. The fourth-order valence-corrected chi connectivity index (χ4v) is 2.21. The standard InChI is InChI=1S/C19H17N/c1-3-7-16(8-4-1)15-20-19-13-11-18(12-14-19)17-9-5-2-6-10-17/h1-14,20H,15H2. The smallest absolute Gasteiger partial charge is 0.0400 e. The van der Waals surface area contributed by atoms with Crippen molar-refractivity contribution < 1.29 is 0 Å². The molecular weight excluding hydrogens is 242 g/mol. The lowest BCUT2D eigenvalue weighted by atomic mass is 10.1. The molecule has 0 aliphatic heterocycles. The predicted molar refractivity (Wildman–Crippen MR) is 85.6 cm³/mol. The van der Waals surface area contributed by atoms with Crippen LogP contribution in [-0.4, -0.2) is 0 Å². The van der Waals surface area contributed by atoms with Crippen LogP contribution in [0.25, 0.3) is 11.1 Å². The first-order valence-electron chi connectivity index (χ1n) is 6.85. The van der Waals surface area contributed by atoms with Gasteiger partial charge in [0.25, 0.3) is 0 Å². The molecule has 98 valence electrons. The van der Waals surface area contributed by atoms with E-state index in [1.54, 1.807) is 0 Å². The van der Waals surface area contributed by atoms with Crippen molar-refractivity contribution in [3.63, 3.8) is 0 Å². The highest BCUT2D eigenvalue weighted by Crippen LogP contribution is 2.21. The SMILES string of the molecule is c1ccc(CNc2ccc(-c3ccccc3)cc2)cc1. The van der Waals surface area contributed by atoms with Crippen LogP contribution in [0.15, 0.2) is 84.9 Å². The minimum absolute atomic E-state index is 0.853. The van der Waals surface area contributed by atoms with E-state index in [-0.39, 0.29) is 0 Å². The number of hydrogen-bond donors (Lipinski definition) is 1. The van der Waals surface area contributed by atoms with Crippen molar-refractivity contribution in [2.45, 2.75) is 6.54 Å². The van der Waals surface area contributed by atoms with Crippen molar-refractivity contribution in [3.8, 4) is 11.1 Å². The van der Waals surface area contributed by atoms with Crippen LogP contribution >= 0.6 is 0 Å². The molecule has 3 aromatic carbocycles. The van der Waals surface area contributed by atoms with Gasteiger partial charge in [-0.15, -0.1) is 0 Å². The number of benzene rings is 3. The molecule has 0 saturated carbocycles. The van der Waals surface area contributed by atoms with Gasteiger partial charge in [-0.1, -0.05) is 72.8 Å². The van der Waals surface area contributed by atoms with Crippen LogP contribution in [0, 0.1) is 0 Å². The minimum atomic E-state index is 0.853. The second-order valence-corrected chi connectivity index (χ2v) is 4.78. The molecular formula is C19H17N. The highest BCUT2D eigenvalue weighted by molar-refractivity contribution is 5.65. The lowest BCUT2D eigenvalue weighted by Gasteiger charge is -2.08. The molecule has 3 rings (SSSR count). The van der Waals surface area contributed by atoms with Gasteiger partial charge in [-0.05, 0) is 28.8 Å². The number of hydrogen-bond acceptors (Lipinski definition) is 1. The van der Waals surface area contributed by atoms with Crippen LogP contribution in [0.2, 0.25) is 0 Å². The first-order valence-corrected chi connectivity index (χ1v) is 6.85. The van der Waals surface area contributed by atoms with Crippen molar-refractivity contribution in [2.75, 3.05) is 5.32 Å². The van der Waals surface area contributed by atoms with Gasteiger partial charge in [0.15, 0.2) is 0 Å². The summed E-state index contributed by atoms with van der Waals surface area (Å²) >= 11 is 0. The molecule has 20 heavy (non-hydrogen) atoms. The van der Waals surface area contributed by atoms with E-state index in [4.69, 9.17) is 0 Å².